The number of anilines is 1. The van der Waals surface area contributed by atoms with Gasteiger partial charge < -0.3 is 14.8 Å². The molecule has 0 bridgehead atoms. The van der Waals surface area contributed by atoms with Crippen LogP contribution in [-0.4, -0.2) is 52.4 Å². The Labute approximate surface area is 170 Å². The molecule has 1 amide bonds. The highest BCUT2D eigenvalue weighted by atomic mass is 32.2. The summed E-state index contributed by atoms with van der Waals surface area (Å²) in [5.41, 5.74) is 1.72. The Morgan fingerprint density at radius 1 is 1.07 bits per heavy atom. The van der Waals surface area contributed by atoms with Crippen LogP contribution in [0.2, 0.25) is 0 Å². The minimum absolute atomic E-state index is 0.00803. The molecule has 8 nitrogen and oxygen atoms in total. The fourth-order valence-electron chi connectivity index (χ4n) is 2.44. The fraction of sp³-hybridized carbons (Fsp3) is 0.300. The van der Waals surface area contributed by atoms with E-state index in [0.717, 1.165) is 22.4 Å². The fourth-order valence-corrected chi connectivity index (χ4v) is 3.51. The normalized spacial score (nSPS) is 11.2. The van der Waals surface area contributed by atoms with Gasteiger partial charge in [-0.15, -0.1) is 0 Å². The SMILES string of the molecule is CCc1ccc(NC(=O)COC(=O)c2ccc(OC)c(S(=O)(=O)N(C)C)c2)cc1. The lowest BCUT2D eigenvalue weighted by molar-refractivity contribution is -0.119. The average Bonchev–Trinajstić information content (AvgIpc) is 2.71. The number of methoxy groups -OCH3 is 1. The molecule has 29 heavy (non-hydrogen) atoms. The molecule has 2 rings (SSSR count). The van der Waals surface area contributed by atoms with E-state index < -0.39 is 28.5 Å². The summed E-state index contributed by atoms with van der Waals surface area (Å²) in [6.07, 6.45) is 0.888. The number of hydrogen-bond donors (Lipinski definition) is 1. The first-order valence-corrected chi connectivity index (χ1v) is 10.3. The first-order valence-electron chi connectivity index (χ1n) is 8.85. The topological polar surface area (TPSA) is 102 Å². The van der Waals surface area contributed by atoms with Crippen LogP contribution in [0.25, 0.3) is 0 Å². The molecule has 2 aromatic carbocycles. The van der Waals surface area contributed by atoms with Crippen molar-refractivity contribution in [2.45, 2.75) is 18.2 Å². The van der Waals surface area contributed by atoms with Crippen LogP contribution in [0.4, 0.5) is 5.69 Å². The highest BCUT2D eigenvalue weighted by molar-refractivity contribution is 7.89. The van der Waals surface area contributed by atoms with E-state index >= 15 is 0 Å². The first-order chi connectivity index (χ1) is 13.7. The van der Waals surface area contributed by atoms with E-state index in [1.54, 1.807) is 12.1 Å². The Bertz CT molecular complexity index is 985. The Morgan fingerprint density at radius 2 is 1.72 bits per heavy atom. The molecule has 0 fully saturated rings. The van der Waals surface area contributed by atoms with Crippen molar-refractivity contribution in [3.63, 3.8) is 0 Å². The second-order valence-electron chi connectivity index (χ2n) is 6.33. The Hall–Kier alpha value is -2.91. The number of hydrogen-bond acceptors (Lipinski definition) is 6. The van der Waals surface area contributed by atoms with Crippen molar-refractivity contribution in [2.75, 3.05) is 33.1 Å². The summed E-state index contributed by atoms with van der Waals surface area (Å²) >= 11 is 0. The molecule has 0 aromatic heterocycles. The molecule has 0 saturated heterocycles. The van der Waals surface area contributed by atoms with E-state index in [-0.39, 0.29) is 16.2 Å². The maximum absolute atomic E-state index is 12.4. The Morgan fingerprint density at radius 3 is 2.28 bits per heavy atom. The molecule has 2 aromatic rings. The smallest absolute Gasteiger partial charge is 0.338 e. The van der Waals surface area contributed by atoms with E-state index in [1.165, 1.54) is 33.3 Å². The molecule has 0 aliphatic carbocycles. The van der Waals surface area contributed by atoms with Crippen molar-refractivity contribution in [3.05, 3.63) is 53.6 Å². The summed E-state index contributed by atoms with van der Waals surface area (Å²) in [5, 5.41) is 2.63. The number of nitrogens with one attached hydrogen (secondary N) is 1. The molecule has 0 heterocycles. The number of carbonyl (C=O) groups excluding carboxylic acids is 2. The number of sulfonamides is 1. The molecular weight excluding hydrogens is 396 g/mol. The number of aryl methyl sites for hydroxylation is 1. The molecule has 0 atom stereocenters. The van der Waals surface area contributed by atoms with E-state index in [9.17, 15) is 18.0 Å². The van der Waals surface area contributed by atoms with Crippen LogP contribution in [0.3, 0.4) is 0 Å². The maximum Gasteiger partial charge on any atom is 0.338 e. The van der Waals surface area contributed by atoms with Gasteiger partial charge in [0, 0.05) is 19.8 Å². The summed E-state index contributed by atoms with van der Waals surface area (Å²) in [6.45, 7) is 1.53. The number of carbonyl (C=O) groups is 2. The lowest BCUT2D eigenvalue weighted by Crippen LogP contribution is -2.24. The number of amides is 1. The average molecular weight is 420 g/mol. The van der Waals surface area contributed by atoms with Gasteiger partial charge in [-0.1, -0.05) is 19.1 Å². The minimum atomic E-state index is -3.83. The number of esters is 1. The van der Waals surface area contributed by atoms with E-state index in [2.05, 4.69) is 5.32 Å². The van der Waals surface area contributed by atoms with Gasteiger partial charge in [-0.05, 0) is 42.3 Å². The van der Waals surface area contributed by atoms with Crippen LogP contribution >= 0.6 is 0 Å². The number of rotatable bonds is 8. The highest BCUT2D eigenvalue weighted by Crippen LogP contribution is 2.27. The zero-order chi connectivity index (χ0) is 21.6. The van der Waals surface area contributed by atoms with Crippen LogP contribution in [0.15, 0.2) is 47.4 Å². The summed E-state index contributed by atoms with van der Waals surface area (Å²) in [5.74, 6) is -1.22. The monoisotopic (exact) mass is 420 g/mol. The van der Waals surface area contributed by atoms with Crippen molar-refractivity contribution in [2.24, 2.45) is 0 Å². The Kier molecular flexibility index (Phi) is 7.35. The number of ether oxygens (including phenoxy) is 2. The second-order valence-corrected chi connectivity index (χ2v) is 8.45. The molecule has 1 N–H and O–H groups in total. The number of benzene rings is 2. The van der Waals surface area contributed by atoms with Crippen LogP contribution in [-0.2, 0) is 26.0 Å². The quantitative estimate of drug-likeness (QED) is 0.658. The minimum Gasteiger partial charge on any atom is -0.495 e. The third-order valence-corrected chi connectivity index (χ3v) is 5.97. The van der Waals surface area contributed by atoms with Gasteiger partial charge in [0.1, 0.15) is 10.6 Å². The highest BCUT2D eigenvalue weighted by Gasteiger charge is 2.24. The van der Waals surface area contributed by atoms with Crippen molar-refractivity contribution < 1.29 is 27.5 Å². The Balaban J connectivity index is 2.07. The predicted molar refractivity (Wildman–Crippen MR) is 109 cm³/mol. The molecule has 156 valence electrons. The molecular formula is C20H24N2O6S. The number of nitrogens with zero attached hydrogens (tertiary/aromatic N) is 1. The van der Waals surface area contributed by atoms with Crippen molar-refractivity contribution in [1.29, 1.82) is 0 Å². The zero-order valence-electron chi connectivity index (χ0n) is 16.8. The van der Waals surface area contributed by atoms with Crippen molar-refractivity contribution in [1.82, 2.24) is 4.31 Å². The molecule has 0 aliphatic rings. The summed E-state index contributed by atoms with van der Waals surface area (Å²) in [6, 6.07) is 11.2. The first kappa shape index (κ1) is 22.4. The van der Waals surface area contributed by atoms with Gasteiger partial charge in [-0.25, -0.2) is 17.5 Å². The second kappa shape index (κ2) is 9.53. The third kappa shape index (κ3) is 5.55. The van der Waals surface area contributed by atoms with E-state index in [4.69, 9.17) is 9.47 Å². The predicted octanol–water partition coefficient (Wildman–Crippen LogP) is 2.30. The molecule has 0 spiro atoms. The van der Waals surface area contributed by atoms with Gasteiger partial charge in [0.15, 0.2) is 6.61 Å². The summed E-state index contributed by atoms with van der Waals surface area (Å²) in [4.78, 5) is 24.1. The molecule has 0 unspecified atom stereocenters. The standard InChI is InChI=1S/C20H24N2O6S/c1-5-14-6-9-16(10-7-14)21-19(23)13-28-20(24)15-8-11-17(27-4)18(12-15)29(25,26)22(2)3/h6-12H,5,13H2,1-4H3,(H,21,23). The van der Waals surface area contributed by atoms with Crippen molar-refractivity contribution >= 4 is 27.6 Å². The zero-order valence-corrected chi connectivity index (χ0v) is 17.6. The molecule has 0 aliphatic heterocycles. The lowest BCUT2D eigenvalue weighted by atomic mass is 10.1. The maximum atomic E-state index is 12.4. The van der Waals surface area contributed by atoms with Gasteiger partial charge in [0.25, 0.3) is 5.91 Å². The van der Waals surface area contributed by atoms with Crippen molar-refractivity contribution in [3.8, 4) is 5.75 Å². The van der Waals surface area contributed by atoms with E-state index in [1.807, 2.05) is 19.1 Å². The van der Waals surface area contributed by atoms with Gasteiger partial charge in [-0.3, -0.25) is 4.79 Å². The van der Waals surface area contributed by atoms with Gasteiger partial charge >= 0.3 is 5.97 Å². The van der Waals surface area contributed by atoms with Gasteiger partial charge in [0.2, 0.25) is 10.0 Å². The lowest BCUT2D eigenvalue weighted by Gasteiger charge is -2.15. The van der Waals surface area contributed by atoms with Crippen LogP contribution in [0.5, 0.6) is 5.75 Å². The van der Waals surface area contributed by atoms with Gasteiger partial charge in [-0.2, -0.15) is 0 Å². The molecule has 0 saturated carbocycles. The van der Waals surface area contributed by atoms with E-state index in [0.29, 0.717) is 5.69 Å². The van der Waals surface area contributed by atoms with Crippen LogP contribution < -0.4 is 10.1 Å². The summed E-state index contributed by atoms with van der Waals surface area (Å²) in [7, 11) is 0.245. The summed E-state index contributed by atoms with van der Waals surface area (Å²) < 4.78 is 36.0. The van der Waals surface area contributed by atoms with Crippen LogP contribution in [0, 0.1) is 0 Å². The van der Waals surface area contributed by atoms with Crippen LogP contribution in [0.1, 0.15) is 22.8 Å². The third-order valence-electron chi connectivity index (χ3n) is 4.14. The molecule has 0 radical (unpaired) electrons. The van der Waals surface area contributed by atoms with Gasteiger partial charge in [0.05, 0.1) is 12.7 Å². The molecule has 9 heteroatoms. The largest absolute Gasteiger partial charge is 0.495 e.